The van der Waals surface area contributed by atoms with Crippen LogP contribution in [0.1, 0.15) is 37.8 Å². The Balaban J connectivity index is 2.47. The van der Waals surface area contributed by atoms with Crippen molar-refractivity contribution in [3.05, 3.63) is 46.2 Å². The molecule has 0 aliphatic carbocycles. The van der Waals surface area contributed by atoms with Crippen molar-refractivity contribution in [2.24, 2.45) is 5.73 Å². The van der Waals surface area contributed by atoms with Crippen LogP contribution in [-0.4, -0.2) is 5.11 Å². The minimum atomic E-state index is -0.739. The molecule has 0 fully saturated rings. The standard InChI is InChI=1S/C16H21NOS/c1-3-16(18,4-2)14-5-6-15(13(9-14)10-17)12-7-8-19-11-12/h5-9,11,18H,3-4,10,17H2,1-2H3. The molecule has 0 atom stereocenters. The molecular weight excluding hydrogens is 254 g/mol. The van der Waals surface area contributed by atoms with E-state index in [1.165, 1.54) is 11.1 Å². The third-order valence-corrected chi connectivity index (χ3v) is 4.55. The Morgan fingerprint density at radius 2 is 1.95 bits per heavy atom. The zero-order valence-electron chi connectivity index (χ0n) is 11.5. The molecule has 0 aliphatic rings. The summed E-state index contributed by atoms with van der Waals surface area (Å²) in [7, 11) is 0. The lowest BCUT2D eigenvalue weighted by molar-refractivity contribution is 0.0283. The first-order valence-electron chi connectivity index (χ1n) is 6.73. The lowest BCUT2D eigenvalue weighted by Crippen LogP contribution is -2.23. The summed E-state index contributed by atoms with van der Waals surface area (Å²) in [5.41, 5.74) is 9.57. The van der Waals surface area contributed by atoms with Gasteiger partial charge in [0, 0.05) is 6.54 Å². The van der Waals surface area contributed by atoms with Gasteiger partial charge in [0.05, 0.1) is 5.60 Å². The molecule has 2 aromatic rings. The Kier molecular flexibility index (Phi) is 4.40. The zero-order chi connectivity index (χ0) is 13.9. The van der Waals surface area contributed by atoms with Crippen molar-refractivity contribution >= 4 is 11.3 Å². The summed E-state index contributed by atoms with van der Waals surface area (Å²) in [6, 6.07) is 8.26. The van der Waals surface area contributed by atoms with Gasteiger partial charge in [0.25, 0.3) is 0 Å². The highest BCUT2D eigenvalue weighted by Gasteiger charge is 2.25. The average molecular weight is 275 g/mol. The number of hydrogen-bond acceptors (Lipinski definition) is 3. The molecule has 2 nitrogen and oxygen atoms in total. The summed E-state index contributed by atoms with van der Waals surface area (Å²) >= 11 is 1.68. The Labute approximate surface area is 118 Å². The van der Waals surface area contributed by atoms with E-state index in [0.29, 0.717) is 19.4 Å². The van der Waals surface area contributed by atoms with Gasteiger partial charge in [0.2, 0.25) is 0 Å². The Bertz CT molecular complexity index is 530. The monoisotopic (exact) mass is 275 g/mol. The fraction of sp³-hybridized carbons (Fsp3) is 0.375. The molecule has 0 saturated carbocycles. The predicted octanol–water partition coefficient (Wildman–Crippen LogP) is 3.88. The van der Waals surface area contributed by atoms with Gasteiger partial charge in [0.1, 0.15) is 0 Å². The molecule has 0 amide bonds. The van der Waals surface area contributed by atoms with E-state index in [1.54, 1.807) is 11.3 Å². The van der Waals surface area contributed by atoms with Crippen molar-refractivity contribution in [3.8, 4) is 11.1 Å². The normalized spacial score (nSPS) is 11.8. The SMILES string of the molecule is CCC(O)(CC)c1ccc(-c2ccsc2)c(CN)c1. The van der Waals surface area contributed by atoms with Gasteiger partial charge >= 0.3 is 0 Å². The van der Waals surface area contributed by atoms with Crippen LogP contribution in [0, 0.1) is 0 Å². The molecule has 1 aromatic carbocycles. The summed E-state index contributed by atoms with van der Waals surface area (Å²) in [5, 5.41) is 14.8. The third-order valence-electron chi connectivity index (χ3n) is 3.86. The van der Waals surface area contributed by atoms with E-state index in [2.05, 4.69) is 29.0 Å². The lowest BCUT2D eigenvalue weighted by Gasteiger charge is -2.27. The molecule has 1 aromatic heterocycles. The predicted molar refractivity (Wildman–Crippen MR) is 82.1 cm³/mol. The molecule has 0 unspecified atom stereocenters. The van der Waals surface area contributed by atoms with Crippen molar-refractivity contribution in [1.29, 1.82) is 0 Å². The Morgan fingerprint density at radius 3 is 2.47 bits per heavy atom. The van der Waals surface area contributed by atoms with Gasteiger partial charge in [-0.05, 0) is 51.9 Å². The number of nitrogens with two attached hydrogens (primary N) is 1. The number of benzene rings is 1. The van der Waals surface area contributed by atoms with Gasteiger partial charge in [-0.3, -0.25) is 0 Å². The van der Waals surface area contributed by atoms with E-state index in [-0.39, 0.29) is 0 Å². The van der Waals surface area contributed by atoms with Gasteiger partial charge in [-0.25, -0.2) is 0 Å². The van der Waals surface area contributed by atoms with Crippen molar-refractivity contribution in [1.82, 2.24) is 0 Å². The topological polar surface area (TPSA) is 46.2 Å². The van der Waals surface area contributed by atoms with Crippen LogP contribution in [0.2, 0.25) is 0 Å². The number of aliphatic hydroxyl groups is 1. The maximum atomic E-state index is 10.6. The van der Waals surface area contributed by atoms with E-state index in [9.17, 15) is 5.11 Å². The summed E-state index contributed by atoms with van der Waals surface area (Å²) in [6.45, 7) is 4.51. The van der Waals surface area contributed by atoms with Gasteiger partial charge in [-0.1, -0.05) is 32.0 Å². The van der Waals surface area contributed by atoms with E-state index < -0.39 is 5.60 Å². The van der Waals surface area contributed by atoms with E-state index in [4.69, 9.17) is 5.73 Å². The van der Waals surface area contributed by atoms with Crippen molar-refractivity contribution < 1.29 is 5.11 Å². The third kappa shape index (κ3) is 2.73. The second-order valence-corrected chi connectivity index (χ2v) is 5.61. The average Bonchev–Trinajstić information content (AvgIpc) is 2.99. The molecule has 0 aliphatic heterocycles. The van der Waals surface area contributed by atoms with Crippen molar-refractivity contribution in [3.63, 3.8) is 0 Å². The first-order valence-corrected chi connectivity index (χ1v) is 7.67. The maximum Gasteiger partial charge on any atom is 0.0891 e. The van der Waals surface area contributed by atoms with Crippen LogP contribution in [0.5, 0.6) is 0 Å². The lowest BCUT2D eigenvalue weighted by atomic mass is 9.86. The van der Waals surface area contributed by atoms with Crippen LogP contribution < -0.4 is 5.73 Å². The minimum Gasteiger partial charge on any atom is -0.385 e. The highest BCUT2D eigenvalue weighted by Crippen LogP contribution is 2.33. The minimum absolute atomic E-state index is 0.489. The van der Waals surface area contributed by atoms with Crippen molar-refractivity contribution in [2.45, 2.75) is 38.8 Å². The fourth-order valence-electron chi connectivity index (χ4n) is 2.41. The van der Waals surface area contributed by atoms with E-state index in [1.807, 2.05) is 19.9 Å². The quantitative estimate of drug-likeness (QED) is 0.870. The number of rotatable bonds is 5. The molecule has 2 rings (SSSR count). The van der Waals surface area contributed by atoms with Crippen LogP contribution in [0.4, 0.5) is 0 Å². The molecular formula is C16H21NOS. The molecule has 102 valence electrons. The number of thiophene rings is 1. The summed E-state index contributed by atoms with van der Waals surface area (Å²) in [6.07, 6.45) is 1.43. The molecule has 19 heavy (non-hydrogen) atoms. The first-order chi connectivity index (χ1) is 9.14. The largest absolute Gasteiger partial charge is 0.385 e. The molecule has 0 saturated heterocycles. The second-order valence-electron chi connectivity index (χ2n) is 4.83. The first kappa shape index (κ1) is 14.3. The summed E-state index contributed by atoms with van der Waals surface area (Å²) in [4.78, 5) is 0. The van der Waals surface area contributed by atoms with Gasteiger partial charge in [-0.2, -0.15) is 11.3 Å². The van der Waals surface area contributed by atoms with Crippen LogP contribution in [-0.2, 0) is 12.1 Å². The molecule has 1 heterocycles. The van der Waals surface area contributed by atoms with Gasteiger partial charge in [-0.15, -0.1) is 0 Å². The highest BCUT2D eigenvalue weighted by molar-refractivity contribution is 7.08. The summed E-state index contributed by atoms with van der Waals surface area (Å²) in [5.74, 6) is 0. The van der Waals surface area contributed by atoms with Crippen molar-refractivity contribution in [2.75, 3.05) is 0 Å². The Morgan fingerprint density at radius 1 is 1.21 bits per heavy atom. The molecule has 0 spiro atoms. The smallest absolute Gasteiger partial charge is 0.0891 e. The Hall–Kier alpha value is -1.16. The maximum absolute atomic E-state index is 10.6. The van der Waals surface area contributed by atoms with Gasteiger partial charge < -0.3 is 10.8 Å². The van der Waals surface area contributed by atoms with Crippen LogP contribution in [0.15, 0.2) is 35.0 Å². The van der Waals surface area contributed by atoms with E-state index >= 15 is 0 Å². The zero-order valence-corrected chi connectivity index (χ0v) is 12.3. The van der Waals surface area contributed by atoms with Gasteiger partial charge in [0.15, 0.2) is 0 Å². The van der Waals surface area contributed by atoms with Crippen LogP contribution in [0.3, 0.4) is 0 Å². The van der Waals surface area contributed by atoms with E-state index in [0.717, 1.165) is 11.1 Å². The fourth-order valence-corrected chi connectivity index (χ4v) is 3.07. The molecule has 3 N–H and O–H groups in total. The molecule has 0 radical (unpaired) electrons. The second kappa shape index (κ2) is 5.87. The number of hydrogen-bond donors (Lipinski definition) is 2. The van der Waals surface area contributed by atoms with Crippen LogP contribution >= 0.6 is 11.3 Å². The highest BCUT2D eigenvalue weighted by atomic mass is 32.1. The summed E-state index contributed by atoms with van der Waals surface area (Å²) < 4.78 is 0. The van der Waals surface area contributed by atoms with Crippen LogP contribution in [0.25, 0.3) is 11.1 Å². The molecule has 0 bridgehead atoms. The molecule has 3 heteroatoms.